The van der Waals surface area contributed by atoms with Crippen molar-refractivity contribution in [2.75, 3.05) is 12.4 Å². The number of rotatable bonds is 5. The minimum atomic E-state index is -1.21. The summed E-state index contributed by atoms with van der Waals surface area (Å²) in [5.74, 6) is -1.39. The van der Waals surface area contributed by atoms with E-state index in [-0.39, 0.29) is 17.3 Å². The Kier molecular flexibility index (Phi) is 5.10. The fourth-order valence-corrected chi connectivity index (χ4v) is 3.46. The highest BCUT2D eigenvalue weighted by atomic mass is 19.1. The van der Waals surface area contributed by atoms with Gasteiger partial charge in [0, 0.05) is 24.8 Å². The van der Waals surface area contributed by atoms with Crippen molar-refractivity contribution < 1.29 is 19.0 Å². The molecule has 3 rings (SSSR count). The van der Waals surface area contributed by atoms with Crippen LogP contribution >= 0.6 is 0 Å². The fourth-order valence-electron chi connectivity index (χ4n) is 3.46. The van der Waals surface area contributed by atoms with Crippen LogP contribution in [0.15, 0.2) is 12.1 Å². The third kappa shape index (κ3) is 3.61. The Labute approximate surface area is 155 Å². The van der Waals surface area contributed by atoms with Crippen molar-refractivity contribution in [2.24, 2.45) is 0 Å². The van der Waals surface area contributed by atoms with Crippen LogP contribution in [-0.4, -0.2) is 39.0 Å². The van der Waals surface area contributed by atoms with E-state index in [1.54, 1.807) is 6.07 Å². The van der Waals surface area contributed by atoms with E-state index in [2.05, 4.69) is 20.5 Å². The van der Waals surface area contributed by atoms with Crippen LogP contribution in [0.2, 0.25) is 0 Å². The van der Waals surface area contributed by atoms with Crippen LogP contribution in [0.1, 0.15) is 48.6 Å². The number of aromatic amines is 1. The molecule has 2 heterocycles. The van der Waals surface area contributed by atoms with E-state index in [0.29, 0.717) is 37.2 Å². The van der Waals surface area contributed by atoms with Crippen molar-refractivity contribution in [2.45, 2.75) is 44.1 Å². The van der Waals surface area contributed by atoms with Crippen molar-refractivity contribution in [1.29, 1.82) is 5.26 Å². The Balaban J connectivity index is 1.88. The standard InChI is InChI=1S/C18H20FN5O3/c1-10-7-14(24-23-10)21-16-13(19)8-12(9-20)15(22-16)11-3-5-18(27-2,6-4-11)17(25)26/h7-8,11H,3-6H2,1-2H3,(H,25,26)(H2,21,22,23,24). The molecule has 0 radical (unpaired) electrons. The molecule has 0 spiro atoms. The zero-order valence-corrected chi connectivity index (χ0v) is 15.0. The number of methoxy groups -OCH3 is 1. The third-order valence-corrected chi connectivity index (χ3v) is 5.04. The highest BCUT2D eigenvalue weighted by molar-refractivity contribution is 5.77. The number of aryl methyl sites for hydroxylation is 1. The number of carboxylic acid groups (broad SMARTS) is 1. The van der Waals surface area contributed by atoms with Crippen LogP contribution in [0.3, 0.4) is 0 Å². The number of H-pyrrole nitrogens is 1. The van der Waals surface area contributed by atoms with Gasteiger partial charge in [0.1, 0.15) is 6.07 Å². The number of carboxylic acids is 1. The number of anilines is 2. The molecule has 27 heavy (non-hydrogen) atoms. The summed E-state index contributed by atoms with van der Waals surface area (Å²) in [6, 6.07) is 4.85. The summed E-state index contributed by atoms with van der Waals surface area (Å²) in [5, 5.41) is 28.4. The molecule has 0 bridgehead atoms. The maximum absolute atomic E-state index is 14.3. The lowest BCUT2D eigenvalue weighted by molar-refractivity contribution is -0.166. The number of ether oxygens (including phenoxy) is 1. The highest BCUT2D eigenvalue weighted by Crippen LogP contribution is 2.40. The van der Waals surface area contributed by atoms with Crippen LogP contribution < -0.4 is 5.32 Å². The van der Waals surface area contributed by atoms with Gasteiger partial charge in [-0.1, -0.05) is 0 Å². The smallest absolute Gasteiger partial charge is 0.335 e. The van der Waals surface area contributed by atoms with E-state index in [9.17, 15) is 19.6 Å². The van der Waals surface area contributed by atoms with E-state index in [4.69, 9.17) is 4.74 Å². The zero-order chi connectivity index (χ0) is 19.6. The molecule has 1 saturated carbocycles. The molecule has 0 amide bonds. The van der Waals surface area contributed by atoms with Gasteiger partial charge in [-0.2, -0.15) is 10.4 Å². The summed E-state index contributed by atoms with van der Waals surface area (Å²) < 4.78 is 19.6. The van der Waals surface area contributed by atoms with Crippen molar-refractivity contribution in [3.8, 4) is 6.07 Å². The Bertz CT molecular complexity index is 897. The summed E-state index contributed by atoms with van der Waals surface area (Å²) in [6.45, 7) is 1.82. The molecule has 142 valence electrons. The van der Waals surface area contributed by atoms with Gasteiger partial charge in [0.25, 0.3) is 0 Å². The molecule has 1 fully saturated rings. The average Bonchev–Trinajstić information content (AvgIpc) is 3.07. The molecule has 0 aromatic carbocycles. The lowest BCUT2D eigenvalue weighted by atomic mass is 9.76. The Morgan fingerprint density at radius 3 is 2.70 bits per heavy atom. The number of aliphatic carboxylic acids is 1. The number of nitrogens with one attached hydrogen (secondary N) is 2. The second kappa shape index (κ2) is 7.32. The molecule has 9 heteroatoms. The second-order valence-electron chi connectivity index (χ2n) is 6.70. The quantitative estimate of drug-likeness (QED) is 0.736. The second-order valence-corrected chi connectivity index (χ2v) is 6.70. The molecule has 1 aliphatic carbocycles. The van der Waals surface area contributed by atoms with Gasteiger partial charge in [-0.15, -0.1) is 0 Å². The van der Waals surface area contributed by atoms with Crippen LogP contribution in [-0.2, 0) is 9.53 Å². The summed E-state index contributed by atoms with van der Waals surface area (Å²) in [6.07, 6.45) is 1.56. The van der Waals surface area contributed by atoms with E-state index >= 15 is 0 Å². The maximum Gasteiger partial charge on any atom is 0.335 e. The first-order chi connectivity index (χ1) is 12.9. The molecule has 1 aliphatic rings. The first-order valence-corrected chi connectivity index (χ1v) is 8.56. The zero-order valence-electron chi connectivity index (χ0n) is 15.0. The SMILES string of the molecule is COC1(C(=O)O)CCC(c2nc(Nc3cc(C)[nH]n3)c(F)cc2C#N)CC1. The first kappa shape index (κ1) is 18.8. The van der Waals surface area contributed by atoms with E-state index in [1.165, 1.54) is 7.11 Å². The van der Waals surface area contributed by atoms with Crippen molar-refractivity contribution in [1.82, 2.24) is 15.2 Å². The number of pyridine rings is 1. The molecule has 0 aliphatic heterocycles. The third-order valence-electron chi connectivity index (χ3n) is 5.04. The molecule has 0 saturated heterocycles. The van der Waals surface area contributed by atoms with Gasteiger partial charge >= 0.3 is 5.97 Å². The van der Waals surface area contributed by atoms with E-state index < -0.39 is 17.4 Å². The van der Waals surface area contributed by atoms with Gasteiger partial charge in [-0.25, -0.2) is 14.2 Å². The molecule has 2 aromatic heterocycles. The minimum Gasteiger partial charge on any atom is -0.479 e. The van der Waals surface area contributed by atoms with Gasteiger partial charge < -0.3 is 15.2 Å². The van der Waals surface area contributed by atoms with Gasteiger partial charge in [-0.05, 0) is 38.7 Å². The fraction of sp³-hybridized carbons (Fsp3) is 0.444. The summed E-state index contributed by atoms with van der Waals surface area (Å²) in [7, 11) is 1.39. The van der Waals surface area contributed by atoms with Crippen LogP contribution in [0.5, 0.6) is 0 Å². The highest BCUT2D eigenvalue weighted by Gasteiger charge is 2.43. The molecule has 8 nitrogen and oxygen atoms in total. The van der Waals surface area contributed by atoms with Gasteiger partial charge in [0.2, 0.25) is 0 Å². The van der Waals surface area contributed by atoms with Gasteiger partial charge in [0.15, 0.2) is 23.1 Å². The molecular formula is C18H20FN5O3. The number of nitriles is 1. The van der Waals surface area contributed by atoms with E-state index in [0.717, 1.165) is 11.8 Å². The number of carbonyl (C=O) groups is 1. The summed E-state index contributed by atoms with van der Waals surface area (Å²) in [5.41, 5.74) is 0.214. The normalized spacial score (nSPS) is 22.2. The predicted octanol–water partition coefficient (Wildman–Crippen LogP) is 2.99. The van der Waals surface area contributed by atoms with Crippen LogP contribution in [0, 0.1) is 24.1 Å². The predicted molar refractivity (Wildman–Crippen MR) is 94.1 cm³/mol. The molecule has 0 atom stereocenters. The number of aromatic nitrogens is 3. The number of hydrogen-bond acceptors (Lipinski definition) is 6. The monoisotopic (exact) mass is 373 g/mol. The topological polar surface area (TPSA) is 124 Å². The lowest BCUT2D eigenvalue weighted by Crippen LogP contribution is -2.43. The summed E-state index contributed by atoms with van der Waals surface area (Å²) >= 11 is 0. The number of halogens is 1. The molecule has 3 N–H and O–H groups in total. The Morgan fingerprint density at radius 2 is 2.19 bits per heavy atom. The van der Waals surface area contributed by atoms with E-state index in [1.807, 2.05) is 13.0 Å². The number of nitrogens with zero attached hydrogens (tertiary/aromatic N) is 3. The minimum absolute atomic E-state index is 0.0164. The maximum atomic E-state index is 14.3. The largest absolute Gasteiger partial charge is 0.479 e. The Hall–Kier alpha value is -2.99. The van der Waals surface area contributed by atoms with Crippen molar-refractivity contribution >= 4 is 17.6 Å². The average molecular weight is 373 g/mol. The van der Waals surface area contributed by atoms with Crippen molar-refractivity contribution in [3.63, 3.8) is 0 Å². The first-order valence-electron chi connectivity index (χ1n) is 8.56. The Morgan fingerprint density at radius 1 is 1.48 bits per heavy atom. The summed E-state index contributed by atoms with van der Waals surface area (Å²) in [4.78, 5) is 15.9. The molecule has 2 aromatic rings. The van der Waals surface area contributed by atoms with Crippen LogP contribution in [0.4, 0.5) is 16.0 Å². The van der Waals surface area contributed by atoms with Crippen molar-refractivity contribution in [3.05, 3.63) is 34.9 Å². The number of hydrogen-bond donors (Lipinski definition) is 3. The van der Waals surface area contributed by atoms with Crippen LogP contribution in [0.25, 0.3) is 0 Å². The molecular weight excluding hydrogens is 353 g/mol. The lowest BCUT2D eigenvalue weighted by Gasteiger charge is -2.35. The molecule has 0 unspecified atom stereocenters. The van der Waals surface area contributed by atoms with Gasteiger partial charge in [-0.3, -0.25) is 5.10 Å². The van der Waals surface area contributed by atoms with Gasteiger partial charge in [0.05, 0.1) is 11.3 Å².